The SMILES string of the molecule is Cc1noc(CCCC(=O)NC(CN)CC(C)C)n1. The zero-order chi connectivity index (χ0) is 14.3. The van der Waals surface area contributed by atoms with Crippen molar-refractivity contribution in [2.45, 2.75) is 52.5 Å². The predicted molar refractivity (Wildman–Crippen MR) is 72.4 cm³/mol. The van der Waals surface area contributed by atoms with E-state index in [2.05, 4.69) is 29.3 Å². The third-order valence-electron chi connectivity index (χ3n) is 2.77. The average Bonchev–Trinajstić information content (AvgIpc) is 2.73. The Morgan fingerprint density at radius 1 is 1.47 bits per heavy atom. The Bertz CT molecular complexity index is 390. The summed E-state index contributed by atoms with van der Waals surface area (Å²) >= 11 is 0. The van der Waals surface area contributed by atoms with Crippen LogP contribution < -0.4 is 11.1 Å². The molecule has 1 aromatic rings. The van der Waals surface area contributed by atoms with E-state index >= 15 is 0 Å². The fourth-order valence-electron chi connectivity index (χ4n) is 1.92. The molecule has 1 aromatic heterocycles. The lowest BCUT2D eigenvalue weighted by molar-refractivity contribution is -0.121. The number of rotatable bonds is 8. The van der Waals surface area contributed by atoms with Gasteiger partial charge in [0.05, 0.1) is 0 Å². The largest absolute Gasteiger partial charge is 0.352 e. The van der Waals surface area contributed by atoms with Gasteiger partial charge in [-0.1, -0.05) is 19.0 Å². The zero-order valence-corrected chi connectivity index (χ0v) is 12.0. The summed E-state index contributed by atoms with van der Waals surface area (Å²) in [5, 5.41) is 6.66. The van der Waals surface area contributed by atoms with Crippen LogP contribution >= 0.6 is 0 Å². The molecule has 0 fully saturated rings. The standard InChI is InChI=1S/C13H24N4O2/c1-9(2)7-11(8-14)16-12(18)5-4-6-13-15-10(3)17-19-13/h9,11H,4-8,14H2,1-3H3,(H,16,18). The first kappa shape index (κ1) is 15.6. The van der Waals surface area contributed by atoms with Gasteiger partial charge < -0.3 is 15.6 Å². The van der Waals surface area contributed by atoms with Crippen LogP contribution in [0.2, 0.25) is 0 Å². The second-order valence-electron chi connectivity index (χ2n) is 5.22. The lowest BCUT2D eigenvalue weighted by Crippen LogP contribution is -2.40. The fourth-order valence-corrected chi connectivity index (χ4v) is 1.92. The summed E-state index contributed by atoms with van der Waals surface area (Å²) in [6.07, 6.45) is 2.69. The van der Waals surface area contributed by atoms with Crippen LogP contribution in [0.3, 0.4) is 0 Å². The quantitative estimate of drug-likeness (QED) is 0.738. The van der Waals surface area contributed by atoms with Gasteiger partial charge >= 0.3 is 0 Å². The Balaban J connectivity index is 2.23. The van der Waals surface area contributed by atoms with Gasteiger partial charge in [0.15, 0.2) is 5.82 Å². The Labute approximate surface area is 114 Å². The van der Waals surface area contributed by atoms with Crippen molar-refractivity contribution in [1.29, 1.82) is 0 Å². The van der Waals surface area contributed by atoms with E-state index in [1.54, 1.807) is 6.92 Å². The lowest BCUT2D eigenvalue weighted by Gasteiger charge is -2.18. The van der Waals surface area contributed by atoms with Gasteiger partial charge in [-0.3, -0.25) is 4.79 Å². The molecule has 6 heteroatoms. The smallest absolute Gasteiger partial charge is 0.226 e. The molecule has 0 saturated heterocycles. The van der Waals surface area contributed by atoms with Crippen LogP contribution in [0.1, 0.15) is 44.8 Å². The molecule has 0 aliphatic rings. The molecule has 108 valence electrons. The lowest BCUT2D eigenvalue weighted by atomic mass is 10.0. The Morgan fingerprint density at radius 3 is 2.74 bits per heavy atom. The summed E-state index contributed by atoms with van der Waals surface area (Å²) in [5.41, 5.74) is 5.64. The highest BCUT2D eigenvalue weighted by Gasteiger charge is 2.12. The van der Waals surface area contributed by atoms with Gasteiger partial charge in [-0.15, -0.1) is 0 Å². The van der Waals surface area contributed by atoms with Crippen molar-refractivity contribution in [2.24, 2.45) is 11.7 Å². The van der Waals surface area contributed by atoms with Crippen LogP contribution in [0, 0.1) is 12.8 Å². The molecule has 0 saturated carbocycles. The molecule has 6 nitrogen and oxygen atoms in total. The highest BCUT2D eigenvalue weighted by Crippen LogP contribution is 2.05. The first-order valence-electron chi connectivity index (χ1n) is 6.80. The minimum Gasteiger partial charge on any atom is -0.352 e. The van der Waals surface area contributed by atoms with Gasteiger partial charge in [0, 0.05) is 25.4 Å². The highest BCUT2D eigenvalue weighted by atomic mass is 16.5. The predicted octanol–water partition coefficient (Wildman–Crippen LogP) is 1.19. The van der Waals surface area contributed by atoms with Gasteiger partial charge in [0.1, 0.15) is 0 Å². The van der Waals surface area contributed by atoms with Crippen LogP contribution in [0.4, 0.5) is 0 Å². The molecule has 1 rings (SSSR count). The van der Waals surface area contributed by atoms with Crippen molar-refractivity contribution in [2.75, 3.05) is 6.54 Å². The topological polar surface area (TPSA) is 94.0 Å². The monoisotopic (exact) mass is 268 g/mol. The van der Waals surface area contributed by atoms with Crippen molar-refractivity contribution in [3.8, 4) is 0 Å². The van der Waals surface area contributed by atoms with Crippen LogP contribution in [0.15, 0.2) is 4.52 Å². The number of aryl methyl sites for hydroxylation is 2. The molecule has 19 heavy (non-hydrogen) atoms. The number of nitrogens with one attached hydrogen (secondary N) is 1. The molecular formula is C13H24N4O2. The van der Waals surface area contributed by atoms with E-state index in [4.69, 9.17) is 10.3 Å². The number of hydrogen-bond donors (Lipinski definition) is 2. The van der Waals surface area contributed by atoms with E-state index < -0.39 is 0 Å². The fraction of sp³-hybridized carbons (Fsp3) is 0.769. The van der Waals surface area contributed by atoms with Crippen LogP contribution in [0.25, 0.3) is 0 Å². The molecule has 1 heterocycles. The Morgan fingerprint density at radius 2 is 2.21 bits per heavy atom. The third kappa shape index (κ3) is 6.33. The third-order valence-corrected chi connectivity index (χ3v) is 2.77. The number of carbonyl (C=O) groups is 1. The Kier molecular flexibility index (Phi) is 6.49. The van der Waals surface area contributed by atoms with Crippen LogP contribution in [0.5, 0.6) is 0 Å². The number of aromatic nitrogens is 2. The number of carbonyl (C=O) groups excluding carboxylic acids is 1. The van der Waals surface area contributed by atoms with E-state index in [9.17, 15) is 4.79 Å². The number of hydrogen-bond acceptors (Lipinski definition) is 5. The normalized spacial score (nSPS) is 12.7. The van der Waals surface area contributed by atoms with Gasteiger partial charge in [0.2, 0.25) is 11.8 Å². The van der Waals surface area contributed by atoms with Crippen LogP contribution in [-0.2, 0) is 11.2 Å². The van der Waals surface area contributed by atoms with Crippen molar-refractivity contribution in [3.05, 3.63) is 11.7 Å². The maximum Gasteiger partial charge on any atom is 0.226 e. The van der Waals surface area contributed by atoms with E-state index in [0.29, 0.717) is 43.4 Å². The molecule has 0 radical (unpaired) electrons. The van der Waals surface area contributed by atoms with E-state index in [0.717, 1.165) is 6.42 Å². The van der Waals surface area contributed by atoms with Gasteiger partial charge in [-0.25, -0.2) is 0 Å². The van der Waals surface area contributed by atoms with Crippen molar-refractivity contribution >= 4 is 5.91 Å². The van der Waals surface area contributed by atoms with Gasteiger partial charge in [0.25, 0.3) is 0 Å². The van der Waals surface area contributed by atoms with E-state index in [-0.39, 0.29) is 11.9 Å². The molecule has 1 atom stereocenters. The molecule has 1 unspecified atom stereocenters. The molecular weight excluding hydrogens is 244 g/mol. The number of nitrogens with zero attached hydrogens (tertiary/aromatic N) is 2. The highest BCUT2D eigenvalue weighted by molar-refractivity contribution is 5.76. The molecule has 0 spiro atoms. The van der Waals surface area contributed by atoms with Crippen molar-refractivity contribution < 1.29 is 9.32 Å². The maximum absolute atomic E-state index is 11.8. The van der Waals surface area contributed by atoms with E-state index in [1.807, 2.05) is 0 Å². The zero-order valence-electron chi connectivity index (χ0n) is 12.0. The summed E-state index contributed by atoms with van der Waals surface area (Å²) in [7, 11) is 0. The summed E-state index contributed by atoms with van der Waals surface area (Å²) in [5.74, 6) is 1.77. The van der Waals surface area contributed by atoms with Crippen molar-refractivity contribution in [1.82, 2.24) is 15.5 Å². The minimum atomic E-state index is 0.0346. The second kappa shape index (κ2) is 7.89. The summed E-state index contributed by atoms with van der Waals surface area (Å²) in [6, 6.07) is 0.0677. The summed E-state index contributed by atoms with van der Waals surface area (Å²) < 4.78 is 4.99. The molecule has 3 N–H and O–H groups in total. The Hall–Kier alpha value is -1.43. The number of nitrogens with two attached hydrogens (primary N) is 1. The first-order valence-corrected chi connectivity index (χ1v) is 6.80. The first-order chi connectivity index (χ1) is 9.01. The molecule has 0 aliphatic carbocycles. The minimum absolute atomic E-state index is 0.0346. The van der Waals surface area contributed by atoms with Gasteiger partial charge in [-0.2, -0.15) is 4.98 Å². The maximum atomic E-state index is 11.8. The van der Waals surface area contributed by atoms with Gasteiger partial charge in [-0.05, 0) is 25.7 Å². The summed E-state index contributed by atoms with van der Waals surface area (Å²) in [4.78, 5) is 15.9. The molecule has 0 aliphatic heterocycles. The second-order valence-corrected chi connectivity index (χ2v) is 5.22. The average molecular weight is 268 g/mol. The molecule has 0 aromatic carbocycles. The number of amides is 1. The molecule has 0 bridgehead atoms. The van der Waals surface area contributed by atoms with Crippen molar-refractivity contribution in [3.63, 3.8) is 0 Å². The summed E-state index contributed by atoms with van der Waals surface area (Å²) in [6.45, 7) is 6.49. The van der Waals surface area contributed by atoms with Crippen LogP contribution in [-0.4, -0.2) is 28.6 Å². The van der Waals surface area contributed by atoms with E-state index in [1.165, 1.54) is 0 Å². The molecule has 1 amide bonds.